The van der Waals surface area contributed by atoms with Gasteiger partial charge in [-0.05, 0) is 30.7 Å². The van der Waals surface area contributed by atoms with Gasteiger partial charge in [0.15, 0.2) is 0 Å². The number of carboxylic acids is 1. The molecule has 0 aliphatic carbocycles. The van der Waals surface area contributed by atoms with Crippen LogP contribution in [0.15, 0.2) is 36.5 Å². The number of carboxylic acid groups (broad SMARTS) is 1. The highest BCUT2D eigenvalue weighted by Gasteiger charge is 2.15. The number of pyridine rings is 1. The standard InChI is InChI=1S/C16H14N2O5/c1-2-23-13-6-3-11(4-7-13)5-8-15-14(16(19)20)9-12(10-17-15)18(21)22/h3-10H,2H2,1H3,(H,19,20)/b8-5-. The molecule has 2 rings (SSSR count). The van der Waals surface area contributed by atoms with Gasteiger partial charge in [-0.3, -0.25) is 10.1 Å². The number of hydrogen-bond acceptors (Lipinski definition) is 5. The summed E-state index contributed by atoms with van der Waals surface area (Å²) in [4.78, 5) is 25.1. The van der Waals surface area contributed by atoms with Gasteiger partial charge in [-0.2, -0.15) is 0 Å². The van der Waals surface area contributed by atoms with Crippen LogP contribution < -0.4 is 4.74 Å². The lowest BCUT2D eigenvalue weighted by atomic mass is 10.1. The van der Waals surface area contributed by atoms with Crippen LogP contribution in [0.3, 0.4) is 0 Å². The maximum atomic E-state index is 11.2. The van der Waals surface area contributed by atoms with Crippen LogP contribution in [-0.4, -0.2) is 27.6 Å². The molecule has 7 nitrogen and oxygen atoms in total. The lowest BCUT2D eigenvalue weighted by Gasteiger charge is -2.03. The first kappa shape index (κ1) is 16.2. The quantitative estimate of drug-likeness (QED) is 0.648. The number of aromatic carboxylic acids is 1. The Morgan fingerprint density at radius 1 is 1.35 bits per heavy atom. The van der Waals surface area contributed by atoms with Crippen LogP contribution in [0.4, 0.5) is 5.69 Å². The van der Waals surface area contributed by atoms with Gasteiger partial charge in [-0.25, -0.2) is 9.78 Å². The molecule has 1 heterocycles. The SMILES string of the molecule is CCOc1ccc(/C=C\c2ncc([N+](=O)[O-])cc2C(=O)O)cc1. The largest absolute Gasteiger partial charge is 0.494 e. The molecular weight excluding hydrogens is 300 g/mol. The minimum atomic E-state index is -1.27. The van der Waals surface area contributed by atoms with Crippen LogP contribution in [-0.2, 0) is 0 Å². The van der Waals surface area contributed by atoms with Crippen LogP contribution in [0.5, 0.6) is 5.75 Å². The van der Waals surface area contributed by atoms with Gasteiger partial charge < -0.3 is 9.84 Å². The van der Waals surface area contributed by atoms with E-state index in [1.807, 2.05) is 19.1 Å². The second kappa shape index (κ2) is 7.17. The third kappa shape index (κ3) is 4.13. The summed E-state index contributed by atoms with van der Waals surface area (Å²) in [5.41, 5.74) is 0.393. The number of benzene rings is 1. The molecule has 0 fully saturated rings. The zero-order chi connectivity index (χ0) is 16.8. The van der Waals surface area contributed by atoms with Gasteiger partial charge in [-0.15, -0.1) is 0 Å². The van der Waals surface area contributed by atoms with E-state index in [0.29, 0.717) is 6.61 Å². The summed E-state index contributed by atoms with van der Waals surface area (Å²) in [6, 6.07) is 8.21. The third-order valence-corrected chi connectivity index (χ3v) is 2.97. The second-order valence-corrected chi connectivity index (χ2v) is 4.52. The number of nitrogens with zero attached hydrogens (tertiary/aromatic N) is 2. The zero-order valence-corrected chi connectivity index (χ0v) is 12.3. The van der Waals surface area contributed by atoms with Crippen molar-refractivity contribution in [3.63, 3.8) is 0 Å². The van der Waals surface area contributed by atoms with E-state index in [-0.39, 0.29) is 16.9 Å². The van der Waals surface area contributed by atoms with Gasteiger partial charge in [0.25, 0.3) is 5.69 Å². The van der Waals surface area contributed by atoms with Crippen LogP contribution >= 0.6 is 0 Å². The predicted octanol–water partition coefficient (Wildman–Crippen LogP) is 3.26. The molecule has 0 aliphatic heterocycles. The first-order valence-electron chi connectivity index (χ1n) is 6.80. The van der Waals surface area contributed by atoms with E-state index in [4.69, 9.17) is 9.84 Å². The Labute approximate surface area is 132 Å². The molecule has 0 saturated carbocycles. The average molecular weight is 314 g/mol. The number of carbonyl (C=O) groups is 1. The molecule has 1 aromatic carbocycles. The summed E-state index contributed by atoms with van der Waals surface area (Å²) in [6.07, 6.45) is 4.21. The molecule has 1 aromatic heterocycles. The number of rotatable bonds is 6. The van der Waals surface area contributed by atoms with Gasteiger partial charge >= 0.3 is 5.97 Å². The zero-order valence-electron chi connectivity index (χ0n) is 12.3. The van der Waals surface area contributed by atoms with E-state index < -0.39 is 10.9 Å². The average Bonchev–Trinajstić information content (AvgIpc) is 2.54. The molecule has 0 spiro atoms. The highest BCUT2D eigenvalue weighted by atomic mass is 16.6. The molecule has 23 heavy (non-hydrogen) atoms. The van der Waals surface area contributed by atoms with Crippen molar-refractivity contribution in [2.45, 2.75) is 6.92 Å². The number of ether oxygens (including phenoxy) is 1. The van der Waals surface area contributed by atoms with Crippen molar-refractivity contribution in [1.29, 1.82) is 0 Å². The first-order valence-corrected chi connectivity index (χ1v) is 6.80. The van der Waals surface area contributed by atoms with Crippen molar-refractivity contribution in [2.24, 2.45) is 0 Å². The van der Waals surface area contributed by atoms with Gasteiger partial charge in [0.1, 0.15) is 11.9 Å². The van der Waals surface area contributed by atoms with Crippen molar-refractivity contribution >= 4 is 23.8 Å². The maximum absolute atomic E-state index is 11.2. The van der Waals surface area contributed by atoms with Crippen LogP contribution in [0.25, 0.3) is 12.2 Å². The highest BCUT2D eigenvalue weighted by Crippen LogP contribution is 2.18. The minimum absolute atomic E-state index is 0.150. The summed E-state index contributed by atoms with van der Waals surface area (Å²) in [7, 11) is 0. The lowest BCUT2D eigenvalue weighted by molar-refractivity contribution is -0.385. The summed E-state index contributed by atoms with van der Waals surface area (Å²) < 4.78 is 5.33. The fraction of sp³-hybridized carbons (Fsp3) is 0.125. The molecule has 0 bridgehead atoms. The van der Waals surface area contributed by atoms with Gasteiger partial charge in [0.2, 0.25) is 0 Å². The monoisotopic (exact) mass is 314 g/mol. The lowest BCUT2D eigenvalue weighted by Crippen LogP contribution is -2.03. The van der Waals surface area contributed by atoms with E-state index in [9.17, 15) is 14.9 Å². The topological polar surface area (TPSA) is 103 Å². The second-order valence-electron chi connectivity index (χ2n) is 4.52. The fourth-order valence-electron chi connectivity index (χ4n) is 1.89. The number of aromatic nitrogens is 1. The van der Waals surface area contributed by atoms with Crippen molar-refractivity contribution in [2.75, 3.05) is 6.61 Å². The molecule has 1 N–H and O–H groups in total. The summed E-state index contributed by atoms with van der Waals surface area (Å²) in [6.45, 7) is 2.46. The Balaban J connectivity index is 2.27. The van der Waals surface area contributed by atoms with Gasteiger partial charge in [0.05, 0.1) is 22.8 Å². The molecule has 0 aliphatic rings. The van der Waals surface area contributed by atoms with Crippen molar-refractivity contribution in [3.8, 4) is 5.75 Å². The van der Waals surface area contributed by atoms with Crippen molar-refractivity contribution < 1.29 is 19.6 Å². The Kier molecular flexibility index (Phi) is 5.03. The van der Waals surface area contributed by atoms with E-state index in [0.717, 1.165) is 23.6 Å². The normalized spacial score (nSPS) is 10.7. The fourth-order valence-corrected chi connectivity index (χ4v) is 1.89. The van der Waals surface area contributed by atoms with Crippen LogP contribution in [0.2, 0.25) is 0 Å². The molecule has 0 amide bonds. The van der Waals surface area contributed by atoms with Crippen LogP contribution in [0.1, 0.15) is 28.5 Å². The summed E-state index contributed by atoms with van der Waals surface area (Å²) in [5, 5.41) is 19.8. The Hall–Kier alpha value is -3.22. The van der Waals surface area contributed by atoms with Gasteiger partial charge in [-0.1, -0.05) is 18.2 Å². The maximum Gasteiger partial charge on any atom is 0.338 e. The molecule has 118 valence electrons. The molecule has 0 atom stereocenters. The van der Waals surface area contributed by atoms with E-state index in [1.165, 1.54) is 6.08 Å². The molecule has 0 saturated heterocycles. The third-order valence-electron chi connectivity index (χ3n) is 2.97. The summed E-state index contributed by atoms with van der Waals surface area (Å²) in [5.74, 6) is -0.531. The number of nitro groups is 1. The molecule has 0 unspecified atom stereocenters. The molecule has 7 heteroatoms. The first-order chi connectivity index (χ1) is 11.0. The van der Waals surface area contributed by atoms with Crippen molar-refractivity contribution in [3.05, 3.63) is 63.5 Å². The minimum Gasteiger partial charge on any atom is -0.494 e. The number of hydrogen-bond donors (Lipinski definition) is 1. The van der Waals surface area contributed by atoms with Crippen LogP contribution in [0, 0.1) is 10.1 Å². The molecule has 2 aromatic rings. The van der Waals surface area contributed by atoms with E-state index >= 15 is 0 Å². The van der Waals surface area contributed by atoms with Gasteiger partial charge in [0, 0.05) is 6.07 Å². The smallest absolute Gasteiger partial charge is 0.338 e. The Morgan fingerprint density at radius 2 is 2.04 bits per heavy atom. The Bertz CT molecular complexity index is 754. The molecule has 0 radical (unpaired) electrons. The van der Waals surface area contributed by atoms with E-state index in [2.05, 4.69) is 4.98 Å². The highest BCUT2D eigenvalue weighted by molar-refractivity contribution is 5.93. The molecular formula is C16H14N2O5. The Morgan fingerprint density at radius 3 is 2.61 bits per heavy atom. The van der Waals surface area contributed by atoms with Crippen molar-refractivity contribution in [1.82, 2.24) is 4.98 Å². The van der Waals surface area contributed by atoms with E-state index in [1.54, 1.807) is 18.2 Å². The summed E-state index contributed by atoms with van der Waals surface area (Å²) >= 11 is 0. The predicted molar refractivity (Wildman–Crippen MR) is 84.4 cm³/mol.